The maximum atomic E-state index is 13.4. The molecule has 6 rings (SSSR count). The van der Waals surface area contributed by atoms with Crippen LogP contribution in [0.4, 0.5) is 0 Å². The zero-order valence-electron chi connectivity index (χ0n) is 25.4. The monoisotopic (exact) mass is 566 g/mol. The minimum Gasteiger partial charge on any atom is -0.346 e. The molecule has 0 aromatic heterocycles. The summed E-state index contributed by atoms with van der Waals surface area (Å²) in [4.78, 5) is 19.5. The average Bonchev–Trinajstić information content (AvgIpc) is 3.74. The number of rotatable bonds is 5. The van der Waals surface area contributed by atoms with Gasteiger partial charge in [0.15, 0.2) is 6.23 Å². The van der Waals surface area contributed by atoms with Crippen molar-refractivity contribution in [1.29, 1.82) is 0 Å². The molecule has 4 atom stereocenters. The minimum absolute atomic E-state index is 0.0101. The number of amides is 1. The predicted octanol–water partition coefficient (Wildman–Crippen LogP) is 6.37. The van der Waals surface area contributed by atoms with E-state index in [1.807, 2.05) is 0 Å². The fraction of sp³-hybridized carbons (Fsp3) is 0.794. The van der Waals surface area contributed by atoms with Gasteiger partial charge in [0.1, 0.15) is 11.9 Å². The van der Waals surface area contributed by atoms with Crippen LogP contribution in [0.5, 0.6) is 0 Å². The summed E-state index contributed by atoms with van der Waals surface area (Å²) in [5.74, 6) is 0.478. The highest BCUT2D eigenvalue weighted by molar-refractivity contribution is 5.81. The zero-order valence-corrected chi connectivity index (χ0v) is 25.4. The first-order valence-electron chi connectivity index (χ1n) is 17.2. The Kier molecular flexibility index (Phi) is 9.67. The maximum absolute atomic E-state index is 13.4. The Hall–Kier alpha value is -1.51. The molecule has 1 amide bonds. The number of hydroxylamine groups is 1. The van der Waals surface area contributed by atoms with Gasteiger partial charge >= 0.3 is 0 Å². The third-order valence-electron chi connectivity index (χ3n) is 10.8. The van der Waals surface area contributed by atoms with E-state index >= 15 is 0 Å². The number of hydrogen-bond acceptors (Lipinski definition) is 6. The van der Waals surface area contributed by atoms with Crippen molar-refractivity contribution < 1.29 is 14.4 Å². The summed E-state index contributed by atoms with van der Waals surface area (Å²) in [6.07, 6.45) is 22.4. The normalized spacial score (nSPS) is 33.2. The van der Waals surface area contributed by atoms with E-state index in [1.54, 1.807) is 0 Å². The van der Waals surface area contributed by atoms with Crippen molar-refractivity contribution in [2.75, 3.05) is 6.54 Å². The van der Waals surface area contributed by atoms with E-state index in [-0.39, 0.29) is 29.4 Å². The molecule has 3 unspecified atom stereocenters. The second-order valence-corrected chi connectivity index (χ2v) is 13.7. The van der Waals surface area contributed by atoms with Crippen molar-refractivity contribution in [2.45, 2.75) is 159 Å². The van der Waals surface area contributed by atoms with Gasteiger partial charge in [-0.25, -0.2) is 0 Å². The van der Waals surface area contributed by atoms with E-state index in [0.29, 0.717) is 5.92 Å². The van der Waals surface area contributed by atoms with E-state index < -0.39 is 6.23 Å². The molecule has 4 fully saturated rings. The lowest BCUT2D eigenvalue weighted by atomic mass is 9.79. The quantitative estimate of drug-likeness (QED) is 0.331. The molecule has 0 radical (unpaired) electrons. The van der Waals surface area contributed by atoms with Crippen LogP contribution in [0.3, 0.4) is 0 Å². The Morgan fingerprint density at radius 1 is 0.927 bits per heavy atom. The van der Waals surface area contributed by atoms with Crippen LogP contribution in [-0.4, -0.2) is 30.5 Å². The smallest absolute Gasteiger partial charge is 0.264 e. The number of aryl methyl sites for hydroxylation is 1. The van der Waals surface area contributed by atoms with Crippen LogP contribution >= 0.6 is 0 Å². The molecule has 228 valence electrons. The van der Waals surface area contributed by atoms with Gasteiger partial charge in [0.05, 0.1) is 11.6 Å². The summed E-state index contributed by atoms with van der Waals surface area (Å²) in [5, 5.41) is 10.7. The molecular weight excluding hydrogens is 512 g/mol. The summed E-state index contributed by atoms with van der Waals surface area (Å²) in [5.41, 5.74) is 6.91. The van der Waals surface area contributed by atoms with Crippen LogP contribution in [-0.2, 0) is 26.5 Å². The van der Waals surface area contributed by atoms with Gasteiger partial charge in [0.2, 0.25) is 0 Å². The summed E-state index contributed by atoms with van der Waals surface area (Å²) in [6.45, 7) is 2.97. The fourth-order valence-electron chi connectivity index (χ4n) is 8.35. The second kappa shape index (κ2) is 13.4. The topological polar surface area (TPSA) is 83.7 Å². The Bertz CT molecular complexity index is 1010. The first-order valence-corrected chi connectivity index (χ1v) is 17.2. The molecule has 1 aromatic rings. The van der Waals surface area contributed by atoms with Crippen LogP contribution in [0.1, 0.15) is 145 Å². The van der Waals surface area contributed by atoms with Crippen molar-refractivity contribution in [3.05, 3.63) is 34.9 Å². The summed E-state index contributed by atoms with van der Waals surface area (Å²) < 4.78 is 6.50. The molecule has 4 N–H and O–H groups in total. The lowest BCUT2D eigenvalue weighted by Crippen LogP contribution is -2.53. The number of ether oxygens (including phenoxy) is 1. The van der Waals surface area contributed by atoms with Gasteiger partial charge < -0.3 is 10.1 Å². The first-order chi connectivity index (χ1) is 20.1. The molecule has 2 saturated carbocycles. The van der Waals surface area contributed by atoms with Crippen LogP contribution in [0.2, 0.25) is 0 Å². The molecule has 2 saturated heterocycles. The molecule has 3 aliphatic carbocycles. The van der Waals surface area contributed by atoms with Crippen molar-refractivity contribution in [2.24, 2.45) is 5.92 Å². The Morgan fingerprint density at radius 3 is 2.29 bits per heavy atom. The van der Waals surface area contributed by atoms with Gasteiger partial charge in [-0.05, 0) is 67.6 Å². The van der Waals surface area contributed by atoms with Crippen LogP contribution in [0.15, 0.2) is 18.2 Å². The van der Waals surface area contributed by atoms with Gasteiger partial charge in [0.25, 0.3) is 5.91 Å². The zero-order chi connectivity index (χ0) is 28.1. The Balaban J connectivity index is 1.15. The van der Waals surface area contributed by atoms with Gasteiger partial charge in [-0.3, -0.25) is 20.3 Å². The van der Waals surface area contributed by atoms with E-state index in [1.165, 1.54) is 107 Å². The Labute approximate surface area is 247 Å². The fourth-order valence-corrected chi connectivity index (χ4v) is 8.35. The standard InChI is InChI=1S/C34H54N4O3/c1-2-30-37-34(38-41-30,26-15-11-7-3-4-8-12-16-26)27-18-19-28-25(23-27)17-20-29(28)36-31(39)32-35-24-33(40-32)21-13-9-5-6-10-14-22-33/h18-19,23,26,29-30,32,35,37-38H,2-17,20-22,24H2,1H3,(H,36,39)/t29-,30?,32?,34?/m1/s1. The largest absolute Gasteiger partial charge is 0.346 e. The first kappa shape index (κ1) is 29.6. The molecule has 2 heterocycles. The molecule has 2 aliphatic heterocycles. The molecule has 7 heteroatoms. The molecule has 1 spiro atoms. The van der Waals surface area contributed by atoms with Crippen LogP contribution in [0.25, 0.3) is 0 Å². The van der Waals surface area contributed by atoms with E-state index in [2.05, 4.69) is 46.6 Å². The van der Waals surface area contributed by atoms with E-state index in [4.69, 9.17) is 9.57 Å². The average molecular weight is 567 g/mol. The van der Waals surface area contributed by atoms with Crippen molar-refractivity contribution >= 4 is 5.91 Å². The predicted molar refractivity (Wildman–Crippen MR) is 162 cm³/mol. The van der Waals surface area contributed by atoms with Gasteiger partial charge in [-0.2, -0.15) is 5.48 Å². The minimum atomic E-state index is -0.541. The van der Waals surface area contributed by atoms with Gasteiger partial charge in [0, 0.05) is 6.54 Å². The van der Waals surface area contributed by atoms with Crippen molar-refractivity contribution in [3.8, 4) is 0 Å². The highest BCUT2D eigenvalue weighted by Gasteiger charge is 2.47. The van der Waals surface area contributed by atoms with Crippen molar-refractivity contribution in [3.63, 3.8) is 0 Å². The number of benzene rings is 1. The number of carbonyl (C=O) groups is 1. The molecule has 41 heavy (non-hydrogen) atoms. The maximum Gasteiger partial charge on any atom is 0.264 e. The SMILES string of the molecule is CCC1NC(c2ccc3c(c2)CC[C@H]3NC(=O)C2NCC3(CCCCCCCC3)O2)(C2CCCCCCCC2)NO1. The van der Waals surface area contributed by atoms with Crippen LogP contribution in [0, 0.1) is 5.92 Å². The number of carbonyl (C=O) groups excluding carboxylic acids is 1. The van der Waals surface area contributed by atoms with Gasteiger partial charge in [-0.15, -0.1) is 0 Å². The number of hydrogen-bond donors (Lipinski definition) is 4. The molecule has 7 nitrogen and oxygen atoms in total. The highest BCUT2D eigenvalue weighted by atomic mass is 16.7. The summed E-state index contributed by atoms with van der Waals surface area (Å²) in [7, 11) is 0. The van der Waals surface area contributed by atoms with Crippen LogP contribution < -0.4 is 21.4 Å². The Morgan fingerprint density at radius 2 is 1.61 bits per heavy atom. The molecular formula is C34H54N4O3. The van der Waals surface area contributed by atoms with E-state index in [9.17, 15) is 4.79 Å². The summed E-state index contributed by atoms with van der Waals surface area (Å²) in [6, 6.07) is 6.99. The lowest BCUT2D eigenvalue weighted by Gasteiger charge is -2.38. The van der Waals surface area contributed by atoms with Crippen molar-refractivity contribution in [1.82, 2.24) is 21.4 Å². The molecule has 5 aliphatic rings. The van der Waals surface area contributed by atoms with E-state index in [0.717, 1.165) is 38.6 Å². The highest BCUT2D eigenvalue weighted by Crippen LogP contribution is 2.42. The second-order valence-electron chi connectivity index (χ2n) is 13.7. The number of nitrogens with one attached hydrogen (secondary N) is 4. The third-order valence-corrected chi connectivity index (χ3v) is 10.8. The summed E-state index contributed by atoms with van der Waals surface area (Å²) >= 11 is 0. The molecule has 1 aromatic carbocycles. The number of fused-ring (bicyclic) bond motifs is 1. The molecule has 0 bridgehead atoms. The van der Waals surface area contributed by atoms with Gasteiger partial charge in [-0.1, -0.05) is 102 Å². The lowest BCUT2D eigenvalue weighted by molar-refractivity contribution is -0.139. The third kappa shape index (κ3) is 6.54.